The first-order valence-corrected chi connectivity index (χ1v) is 9.21. The summed E-state index contributed by atoms with van der Waals surface area (Å²) in [4.78, 5) is 10.9. The van der Waals surface area contributed by atoms with Crippen molar-refractivity contribution in [1.29, 1.82) is 0 Å². The molecule has 1 atom stereocenters. The zero-order chi connectivity index (χ0) is 15.5. The second-order valence-electron chi connectivity index (χ2n) is 4.92. The Morgan fingerprint density at radius 2 is 2.33 bits per heavy atom. The summed E-state index contributed by atoms with van der Waals surface area (Å²) in [5.74, 6) is -1.21. The Kier molecular flexibility index (Phi) is 5.37. The van der Waals surface area contributed by atoms with Gasteiger partial charge in [0.05, 0.1) is 6.10 Å². The predicted octanol–water partition coefficient (Wildman–Crippen LogP) is 2.03. The summed E-state index contributed by atoms with van der Waals surface area (Å²) in [6.45, 7) is 3.31. The molecular weight excluding hydrogens is 314 g/mol. The van der Waals surface area contributed by atoms with E-state index in [4.69, 9.17) is 9.84 Å². The summed E-state index contributed by atoms with van der Waals surface area (Å²) in [7, 11) is -3.77. The predicted molar refractivity (Wildman–Crippen MR) is 79.3 cm³/mol. The number of carboxylic acid groups (broad SMARTS) is 1. The van der Waals surface area contributed by atoms with E-state index in [2.05, 4.69) is 0 Å². The van der Waals surface area contributed by atoms with Crippen molar-refractivity contribution in [2.24, 2.45) is 0 Å². The fourth-order valence-electron chi connectivity index (χ4n) is 2.34. The number of carboxylic acids is 1. The fourth-order valence-corrected chi connectivity index (χ4v) is 5.08. The number of hydrogen-bond donors (Lipinski definition) is 1. The van der Waals surface area contributed by atoms with Crippen LogP contribution >= 0.6 is 11.3 Å². The van der Waals surface area contributed by atoms with Crippen LogP contribution in [0.2, 0.25) is 0 Å². The van der Waals surface area contributed by atoms with Gasteiger partial charge in [-0.1, -0.05) is 6.92 Å². The number of aromatic carboxylic acids is 1. The summed E-state index contributed by atoms with van der Waals surface area (Å²) in [5.41, 5.74) is 0. The average molecular weight is 333 g/mol. The van der Waals surface area contributed by atoms with E-state index >= 15 is 0 Å². The Bertz CT molecular complexity index is 595. The maximum atomic E-state index is 12.6. The third kappa shape index (κ3) is 3.63. The molecule has 1 aliphatic rings. The van der Waals surface area contributed by atoms with Gasteiger partial charge in [-0.3, -0.25) is 0 Å². The number of sulfonamides is 1. The molecule has 0 radical (unpaired) electrons. The van der Waals surface area contributed by atoms with E-state index in [1.54, 1.807) is 0 Å². The van der Waals surface area contributed by atoms with Crippen LogP contribution in [0, 0.1) is 0 Å². The van der Waals surface area contributed by atoms with E-state index in [0.717, 1.165) is 30.6 Å². The highest BCUT2D eigenvalue weighted by atomic mass is 32.2. The number of piperidine rings is 1. The lowest BCUT2D eigenvalue weighted by atomic mass is 10.1. The first-order chi connectivity index (χ1) is 9.96. The van der Waals surface area contributed by atoms with Crippen LogP contribution in [0.4, 0.5) is 0 Å². The van der Waals surface area contributed by atoms with E-state index in [9.17, 15) is 13.2 Å². The van der Waals surface area contributed by atoms with Crippen molar-refractivity contribution < 1.29 is 23.1 Å². The topological polar surface area (TPSA) is 83.9 Å². The molecule has 2 heterocycles. The van der Waals surface area contributed by atoms with E-state index in [1.807, 2.05) is 6.92 Å². The van der Waals surface area contributed by atoms with Gasteiger partial charge < -0.3 is 9.84 Å². The summed E-state index contributed by atoms with van der Waals surface area (Å²) >= 11 is 0.927. The van der Waals surface area contributed by atoms with Crippen molar-refractivity contribution in [3.63, 3.8) is 0 Å². The molecule has 8 heteroatoms. The first-order valence-electron chi connectivity index (χ1n) is 6.89. The van der Waals surface area contributed by atoms with Gasteiger partial charge in [-0.05, 0) is 30.7 Å². The Hall–Kier alpha value is -0.960. The molecule has 1 fully saturated rings. The van der Waals surface area contributed by atoms with Crippen LogP contribution in [0.5, 0.6) is 0 Å². The zero-order valence-corrected chi connectivity index (χ0v) is 13.5. The fraction of sp³-hybridized carbons (Fsp3) is 0.615. The van der Waals surface area contributed by atoms with Gasteiger partial charge >= 0.3 is 5.97 Å². The number of carbonyl (C=O) groups is 1. The van der Waals surface area contributed by atoms with Crippen molar-refractivity contribution in [3.05, 3.63) is 16.3 Å². The molecule has 1 saturated heterocycles. The standard InChI is InChI=1S/C13H19NO5S2/c1-2-7-19-10-4-3-6-14(9-10)21(17,18)11-5-8-20-12(11)13(15)16/h5,8,10H,2-4,6-7,9H2,1H3,(H,15,16). The molecule has 0 aliphatic carbocycles. The second-order valence-corrected chi connectivity index (χ2v) is 7.74. The minimum absolute atomic E-state index is 0.111. The van der Waals surface area contributed by atoms with Crippen molar-refractivity contribution in [2.45, 2.75) is 37.2 Å². The van der Waals surface area contributed by atoms with Crippen LogP contribution in [0.3, 0.4) is 0 Å². The van der Waals surface area contributed by atoms with Gasteiger partial charge in [0.1, 0.15) is 9.77 Å². The van der Waals surface area contributed by atoms with Crippen LogP contribution in [-0.4, -0.2) is 49.6 Å². The smallest absolute Gasteiger partial charge is 0.347 e. The lowest BCUT2D eigenvalue weighted by Gasteiger charge is -2.31. The highest BCUT2D eigenvalue weighted by Gasteiger charge is 2.33. The maximum Gasteiger partial charge on any atom is 0.347 e. The van der Waals surface area contributed by atoms with Gasteiger partial charge in [0.25, 0.3) is 0 Å². The SMILES string of the molecule is CCCOC1CCCN(S(=O)(=O)c2ccsc2C(=O)O)C1. The molecule has 1 N–H and O–H groups in total. The highest BCUT2D eigenvalue weighted by Crippen LogP contribution is 2.27. The van der Waals surface area contributed by atoms with Gasteiger partial charge in [0.15, 0.2) is 0 Å². The van der Waals surface area contributed by atoms with Gasteiger partial charge in [-0.25, -0.2) is 13.2 Å². The monoisotopic (exact) mass is 333 g/mol. The molecule has 6 nitrogen and oxygen atoms in total. The molecule has 0 aromatic carbocycles. The normalized spacial score (nSPS) is 20.5. The molecule has 21 heavy (non-hydrogen) atoms. The minimum Gasteiger partial charge on any atom is -0.477 e. The summed E-state index contributed by atoms with van der Waals surface area (Å²) in [6, 6.07) is 1.36. The summed E-state index contributed by atoms with van der Waals surface area (Å²) < 4.78 is 32.2. The number of thiophene rings is 1. The van der Waals surface area contributed by atoms with Crippen LogP contribution in [0.15, 0.2) is 16.3 Å². The Labute approximate surface area is 128 Å². The molecule has 1 aromatic heterocycles. The first kappa shape index (κ1) is 16.4. The van der Waals surface area contributed by atoms with Gasteiger partial charge in [0, 0.05) is 19.7 Å². The van der Waals surface area contributed by atoms with E-state index < -0.39 is 16.0 Å². The van der Waals surface area contributed by atoms with Crippen LogP contribution in [0.1, 0.15) is 35.9 Å². The Morgan fingerprint density at radius 1 is 1.57 bits per heavy atom. The van der Waals surface area contributed by atoms with E-state index in [1.165, 1.54) is 15.8 Å². The lowest BCUT2D eigenvalue weighted by Crippen LogP contribution is -2.43. The second kappa shape index (κ2) is 6.87. The molecule has 1 aliphatic heterocycles. The van der Waals surface area contributed by atoms with Crippen molar-refractivity contribution in [2.75, 3.05) is 19.7 Å². The number of ether oxygens (including phenoxy) is 1. The van der Waals surface area contributed by atoms with Gasteiger partial charge in [-0.15, -0.1) is 11.3 Å². The molecule has 0 amide bonds. The number of hydrogen-bond acceptors (Lipinski definition) is 5. The van der Waals surface area contributed by atoms with Crippen molar-refractivity contribution >= 4 is 27.3 Å². The highest BCUT2D eigenvalue weighted by molar-refractivity contribution is 7.89. The van der Waals surface area contributed by atoms with Crippen LogP contribution in [-0.2, 0) is 14.8 Å². The Morgan fingerprint density at radius 3 is 3.00 bits per heavy atom. The molecule has 118 valence electrons. The van der Waals surface area contributed by atoms with E-state index in [0.29, 0.717) is 13.2 Å². The number of rotatable bonds is 6. The summed E-state index contributed by atoms with van der Waals surface area (Å²) in [6.07, 6.45) is 2.33. The van der Waals surface area contributed by atoms with Crippen LogP contribution in [0.25, 0.3) is 0 Å². The molecule has 0 spiro atoms. The van der Waals surface area contributed by atoms with Crippen molar-refractivity contribution in [3.8, 4) is 0 Å². The molecule has 0 saturated carbocycles. The lowest BCUT2D eigenvalue weighted by molar-refractivity contribution is 0.0193. The molecule has 1 aromatic rings. The van der Waals surface area contributed by atoms with Crippen molar-refractivity contribution in [1.82, 2.24) is 4.31 Å². The minimum atomic E-state index is -3.77. The average Bonchev–Trinajstić information content (AvgIpc) is 2.96. The third-order valence-electron chi connectivity index (χ3n) is 3.34. The van der Waals surface area contributed by atoms with Gasteiger partial charge in [-0.2, -0.15) is 4.31 Å². The quantitative estimate of drug-likeness (QED) is 0.861. The van der Waals surface area contributed by atoms with Crippen LogP contribution < -0.4 is 0 Å². The van der Waals surface area contributed by atoms with Gasteiger partial charge in [0.2, 0.25) is 10.0 Å². The molecule has 2 rings (SSSR count). The maximum absolute atomic E-state index is 12.6. The third-order valence-corrected chi connectivity index (χ3v) is 6.28. The number of nitrogens with zero attached hydrogens (tertiary/aromatic N) is 1. The summed E-state index contributed by atoms with van der Waals surface area (Å²) in [5, 5.41) is 10.6. The van der Waals surface area contributed by atoms with E-state index in [-0.39, 0.29) is 22.4 Å². The largest absolute Gasteiger partial charge is 0.477 e. The Balaban J connectivity index is 2.19. The zero-order valence-electron chi connectivity index (χ0n) is 11.8. The molecule has 1 unspecified atom stereocenters. The molecular formula is C13H19NO5S2. The molecule has 0 bridgehead atoms.